The normalized spacial score (nSPS) is 11.5. The molecule has 0 amide bonds. The zero-order valence-electron chi connectivity index (χ0n) is 45.7. The van der Waals surface area contributed by atoms with Gasteiger partial charge in [-0.3, -0.25) is 4.99 Å². The SMILES string of the molecule is C=C(/C=C(\N=C(C)C)c1cccc(-c2ccccc2)c1)C1=CC=CCC1.CC.CCC.CCC.CCCc1ccccc1.Cc1ccccc1-c1c(C)ccc2c3cccc(C)c3c3c(C)cccc3c12. The Balaban J connectivity index is 0.000000235. The standard InChI is InChI=1S/C28H24.C25H25N.C9H12.2C3H8.C2H6/c1-17-9-5-6-12-21(17)25-20(4)15-16-23-22-13-7-10-18(2)26(22)27-19(3)11-8-14-24(27)28(23)25;1-19(2)26-25(17-20(3)21-11-6-4-7-12-21)24-16-10-15-23(18-24)22-13-8-5-9-14-22;1-2-6-9-7-4-3-5-8-9;2*1-3-2;1-2/h5-16H,1-4H3;4-6,8-11,13-18H,3,7,12H2,1-2H3;3-5,7-8H,2,6H2,1H3;2*3H2,1-2H3;1-2H3/b;25-17-;;;;. The molecule has 0 bridgehead atoms. The summed E-state index contributed by atoms with van der Waals surface area (Å²) in [5, 5.41) is 8.23. The van der Waals surface area contributed by atoms with Gasteiger partial charge in [0, 0.05) is 11.3 Å². The first kappa shape index (κ1) is 56.8. The molecule has 0 fully saturated rings. The molecule has 368 valence electrons. The second kappa shape index (κ2) is 30.0. The van der Waals surface area contributed by atoms with E-state index in [1.165, 1.54) is 114 Å². The van der Waals surface area contributed by atoms with Crippen LogP contribution in [-0.4, -0.2) is 5.71 Å². The summed E-state index contributed by atoms with van der Waals surface area (Å²) < 4.78 is 0. The lowest BCUT2D eigenvalue weighted by molar-refractivity contribution is 0.922. The highest BCUT2D eigenvalue weighted by molar-refractivity contribution is 6.30. The Morgan fingerprint density at radius 2 is 1.08 bits per heavy atom. The van der Waals surface area contributed by atoms with Gasteiger partial charge in [-0.15, -0.1) is 0 Å². The van der Waals surface area contributed by atoms with Crippen molar-refractivity contribution in [2.45, 2.75) is 129 Å². The van der Waals surface area contributed by atoms with Crippen LogP contribution in [0.3, 0.4) is 0 Å². The molecule has 0 aromatic heterocycles. The van der Waals surface area contributed by atoms with E-state index < -0.39 is 0 Å². The molecule has 1 aliphatic carbocycles. The molecule has 0 heterocycles. The molecule has 8 aromatic carbocycles. The van der Waals surface area contributed by atoms with Gasteiger partial charge < -0.3 is 0 Å². The molecule has 0 saturated carbocycles. The Bertz CT molecular complexity index is 3040. The van der Waals surface area contributed by atoms with Gasteiger partial charge in [-0.1, -0.05) is 244 Å². The molecule has 8 aromatic rings. The fourth-order valence-electron chi connectivity index (χ4n) is 8.81. The maximum Gasteiger partial charge on any atom is 0.0707 e. The van der Waals surface area contributed by atoms with Gasteiger partial charge in [0.1, 0.15) is 0 Å². The summed E-state index contributed by atoms with van der Waals surface area (Å²) in [4.78, 5) is 4.79. The zero-order chi connectivity index (χ0) is 51.7. The third-order valence-corrected chi connectivity index (χ3v) is 11.9. The largest absolute Gasteiger partial charge is 0.258 e. The number of benzene rings is 8. The van der Waals surface area contributed by atoms with Crippen LogP contribution in [0.15, 0.2) is 205 Å². The van der Waals surface area contributed by atoms with Gasteiger partial charge in [0.05, 0.1) is 5.70 Å². The predicted octanol–water partition coefficient (Wildman–Crippen LogP) is 21.6. The zero-order valence-corrected chi connectivity index (χ0v) is 45.7. The lowest BCUT2D eigenvalue weighted by Crippen LogP contribution is -1.93. The molecule has 71 heavy (non-hydrogen) atoms. The summed E-state index contributed by atoms with van der Waals surface area (Å²) in [7, 11) is 0. The smallest absolute Gasteiger partial charge is 0.0707 e. The van der Waals surface area contributed by atoms with Crippen molar-refractivity contribution in [3.63, 3.8) is 0 Å². The van der Waals surface area contributed by atoms with E-state index >= 15 is 0 Å². The van der Waals surface area contributed by atoms with E-state index in [-0.39, 0.29) is 0 Å². The fraction of sp³-hybridized carbons (Fsp3) is 0.271. The van der Waals surface area contributed by atoms with E-state index in [2.05, 4.69) is 245 Å². The lowest BCUT2D eigenvalue weighted by Gasteiger charge is -2.19. The monoisotopic (exact) mass is 938 g/mol. The first-order valence-corrected chi connectivity index (χ1v) is 26.4. The van der Waals surface area contributed by atoms with E-state index in [1.807, 2.05) is 33.8 Å². The quantitative estimate of drug-likeness (QED) is 0.0818. The van der Waals surface area contributed by atoms with Crippen LogP contribution in [0.1, 0.15) is 128 Å². The molecule has 0 atom stereocenters. The van der Waals surface area contributed by atoms with Crippen molar-refractivity contribution in [2.24, 2.45) is 4.99 Å². The van der Waals surface area contributed by atoms with Crippen molar-refractivity contribution in [1.29, 1.82) is 0 Å². The summed E-state index contributed by atoms with van der Waals surface area (Å²) in [6, 6.07) is 56.4. The molecular formula is C70H83N. The highest BCUT2D eigenvalue weighted by Gasteiger charge is 2.17. The number of hydrogen-bond donors (Lipinski definition) is 0. The molecule has 0 spiro atoms. The predicted molar refractivity (Wildman–Crippen MR) is 321 cm³/mol. The lowest BCUT2D eigenvalue weighted by atomic mass is 9.84. The topological polar surface area (TPSA) is 12.4 Å². The number of aryl methyl sites for hydroxylation is 5. The maximum absolute atomic E-state index is 4.79. The van der Waals surface area contributed by atoms with Crippen molar-refractivity contribution >= 4 is 43.7 Å². The molecule has 1 nitrogen and oxygen atoms in total. The molecule has 0 N–H and O–H groups in total. The van der Waals surface area contributed by atoms with Gasteiger partial charge in [-0.05, 0) is 166 Å². The van der Waals surface area contributed by atoms with Gasteiger partial charge in [0.25, 0.3) is 0 Å². The third-order valence-electron chi connectivity index (χ3n) is 11.9. The molecule has 0 saturated heterocycles. The minimum absolute atomic E-state index is 0.961. The highest BCUT2D eigenvalue weighted by Crippen LogP contribution is 2.44. The summed E-state index contributed by atoms with van der Waals surface area (Å²) in [6.07, 6.45) is 15.6. The summed E-state index contributed by atoms with van der Waals surface area (Å²) in [5.41, 5.74) is 17.3. The van der Waals surface area contributed by atoms with Gasteiger partial charge >= 0.3 is 0 Å². The van der Waals surface area contributed by atoms with E-state index in [0.29, 0.717) is 0 Å². The molecular weight excluding hydrogens is 855 g/mol. The van der Waals surface area contributed by atoms with Crippen LogP contribution in [-0.2, 0) is 6.42 Å². The Morgan fingerprint density at radius 1 is 0.549 bits per heavy atom. The van der Waals surface area contributed by atoms with Crippen LogP contribution < -0.4 is 0 Å². The Kier molecular flexibility index (Phi) is 24.0. The average molecular weight is 938 g/mol. The number of fused-ring (bicyclic) bond motifs is 6. The van der Waals surface area contributed by atoms with Crippen molar-refractivity contribution in [1.82, 2.24) is 0 Å². The first-order chi connectivity index (χ1) is 34.5. The number of hydrogen-bond acceptors (Lipinski definition) is 1. The van der Waals surface area contributed by atoms with Crippen molar-refractivity contribution < 1.29 is 0 Å². The van der Waals surface area contributed by atoms with E-state index in [9.17, 15) is 0 Å². The molecule has 1 heteroatoms. The third kappa shape index (κ3) is 15.8. The van der Waals surface area contributed by atoms with Crippen LogP contribution in [0.25, 0.3) is 60.3 Å². The number of allylic oxidation sites excluding steroid dienone is 6. The molecule has 0 aliphatic heterocycles. The van der Waals surface area contributed by atoms with Gasteiger partial charge in [-0.25, -0.2) is 0 Å². The summed E-state index contributed by atoms with van der Waals surface area (Å²) >= 11 is 0. The van der Waals surface area contributed by atoms with E-state index in [1.54, 1.807) is 0 Å². The van der Waals surface area contributed by atoms with E-state index in [0.717, 1.165) is 35.4 Å². The average Bonchev–Trinajstić information content (AvgIpc) is 3.39. The molecule has 0 unspecified atom stereocenters. The summed E-state index contributed by atoms with van der Waals surface area (Å²) in [6.45, 7) is 32.0. The Hall–Kier alpha value is -6.83. The Morgan fingerprint density at radius 3 is 1.68 bits per heavy atom. The second-order valence-corrected chi connectivity index (χ2v) is 18.4. The highest BCUT2D eigenvalue weighted by atomic mass is 14.7. The fourth-order valence-corrected chi connectivity index (χ4v) is 8.81. The molecule has 1 aliphatic rings. The minimum Gasteiger partial charge on any atom is -0.258 e. The van der Waals surface area contributed by atoms with Gasteiger partial charge in [0.15, 0.2) is 0 Å². The van der Waals surface area contributed by atoms with Gasteiger partial charge in [0.2, 0.25) is 0 Å². The van der Waals surface area contributed by atoms with Crippen molar-refractivity contribution in [2.75, 3.05) is 0 Å². The second-order valence-electron chi connectivity index (χ2n) is 18.4. The van der Waals surface area contributed by atoms with E-state index in [4.69, 9.17) is 4.99 Å². The molecule has 9 rings (SSSR count). The van der Waals surface area contributed by atoms with Crippen LogP contribution in [0.2, 0.25) is 0 Å². The first-order valence-electron chi connectivity index (χ1n) is 26.4. The van der Waals surface area contributed by atoms with Gasteiger partial charge in [-0.2, -0.15) is 0 Å². The maximum atomic E-state index is 4.79. The molecule has 0 radical (unpaired) electrons. The van der Waals surface area contributed by atoms with Crippen LogP contribution >= 0.6 is 0 Å². The number of rotatable bonds is 8. The van der Waals surface area contributed by atoms with Crippen LogP contribution in [0, 0.1) is 27.7 Å². The van der Waals surface area contributed by atoms with Crippen molar-refractivity contribution in [3.05, 3.63) is 233 Å². The van der Waals surface area contributed by atoms with Crippen LogP contribution in [0.5, 0.6) is 0 Å². The van der Waals surface area contributed by atoms with Crippen molar-refractivity contribution in [3.8, 4) is 22.3 Å². The summed E-state index contributed by atoms with van der Waals surface area (Å²) in [5.74, 6) is 0. The van der Waals surface area contributed by atoms with Crippen LogP contribution in [0.4, 0.5) is 0 Å². The number of nitrogens with zero attached hydrogens (tertiary/aromatic N) is 1. The minimum atomic E-state index is 0.961. The Labute approximate surface area is 430 Å². The number of aliphatic imine (C=N–C) groups is 1.